The maximum Gasteiger partial charge on any atom is 0.416 e. The number of carbonyl (C=O) groups excluding carboxylic acids is 1. The third-order valence-electron chi connectivity index (χ3n) is 5.40. The molecule has 0 radical (unpaired) electrons. The number of carbonyl (C=O) groups is 1. The average Bonchev–Trinajstić information content (AvgIpc) is 3.21. The minimum Gasteiger partial charge on any atom is -0.343 e. The molecular formula is C19H21F3N4O2. The summed E-state index contributed by atoms with van der Waals surface area (Å²) in [7, 11) is 0. The molecule has 0 bridgehead atoms. The molecule has 0 aliphatic carbocycles. The zero-order valence-electron chi connectivity index (χ0n) is 15.3. The monoisotopic (exact) mass is 394 g/mol. The topological polar surface area (TPSA) is 70.2 Å². The highest BCUT2D eigenvalue weighted by molar-refractivity contribution is 5.82. The molecular weight excluding hydrogens is 373 g/mol. The Morgan fingerprint density at radius 3 is 2.50 bits per heavy atom. The second kappa shape index (κ2) is 6.89. The van der Waals surface area contributed by atoms with Gasteiger partial charge >= 0.3 is 6.18 Å². The van der Waals surface area contributed by atoms with E-state index in [9.17, 15) is 18.0 Å². The maximum atomic E-state index is 12.8. The van der Waals surface area contributed by atoms with Crippen LogP contribution in [0.15, 0.2) is 30.5 Å². The highest BCUT2D eigenvalue weighted by Crippen LogP contribution is 2.33. The number of hydrogen-bond acceptors (Lipinski definition) is 4. The van der Waals surface area contributed by atoms with Gasteiger partial charge in [-0.25, -0.2) is 0 Å². The first-order valence-corrected chi connectivity index (χ1v) is 9.18. The van der Waals surface area contributed by atoms with Crippen molar-refractivity contribution in [1.82, 2.24) is 20.4 Å². The predicted molar refractivity (Wildman–Crippen MR) is 95.0 cm³/mol. The Hall–Kier alpha value is -2.39. The number of likely N-dealkylation sites (tertiary alicyclic amines) is 1. The molecule has 1 aromatic carbocycles. The highest BCUT2D eigenvalue weighted by atomic mass is 19.4. The molecule has 4 rings (SSSR count). The van der Waals surface area contributed by atoms with E-state index in [1.807, 2.05) is 0 Å². The zero-order chi connectivity index (χ0) is 19.9. The summed E-state index contributed by atoms with van der Waals surface area (Å²) in [4.78, 5) is 14.0. The van der Waals surface area contributed by atoms with E-state index in [1.165, 1.54) is 12.1 Å². The Balaban J connectivity index is 1.42. The maximum absolute atomic E-state index is 12.8. The van der Waals surface area contributed by atoms with Gasteiger partial charge in [-0.3, -0.25) is 14.8 Å². The van der Waals surface area contributed by atoms with Crippen LogP contribution in [0.25, 0.3) is 11.3 Å². The molecule has 1 spiro atoms. The van der Waals surface area contributed by atoms with Crippen LogP contribution in [0.2, 0.25) is 0 Å². The van der Waals surface area contributed by atoms with Crippen molar-refractivity contribution in [3.05, 3.63) is 41.6 Å². The first-order chi connectivity index (χ1) is 13.3. The summed E-state index contributed by atoms with van der Waals surface area (Å²) >= 11 is 0. The SMILES string of the molecule is C[C@@H]1OC2(CCN(Cc3cn[nH]c3-c3ccc(C(F)(F)F)cc3)CC2)NC1=O. The van der Waals surface area contributed by atoms with Gasteiger partial charge in [-0.15, -0.1) is 0 Å². The minimum absolute atomic E-state index is 0.0760. The number of hydrogen-bond donors (Lipinski definition) is 2. The van der Waals surface area contributed by atoms with Crippen molar-refractivity contribution >= 4 is 5.91 Å². The number of H-pyrrole nitrogens is 1. The largest absolute Gasteiger partial charge is 0.416 e. The number of amides is 1. The molecule has 9 heteroatoms. The molecule has 2 aliphatic heterocycles. The van der Waals surface area contributed by atoms with Crippen LogP contribution >= 0.6 is 0 Å². The van der Waals surface area contributed by atoms with Crippen molar-refractivity contribution in [2.45, 2.75) is 44.3 Å². The van der Waals surface area contributed by atoms with Crippen molar-refractivity contribution in [1.29, 1.82) is 0 Å². The van der Waals surface area contributed by atoms with Gasteiger partial charge in [0.1, 0.15) is 11.8 Å². The second-order valence-corrected chi connectivity index (χ2v) is 7.37. The number of benzene rings is 1. The summed E-state index contributed by atoms with van der Waals surface area (Å²) in [6.07, 6.45) is -1.69. The molecule has 2 N–H and O–H groups in total. The van der Waals surface area contributed by atoms with Crippen LogP contribution in [0, 0.1) is 0 Å². The Bertz CT molecular complexity index is 855. The molecule has 0 unspecified atom stereocenters. The highest BCUT2D eigenvalue weighted by Gasteiger charge is 2.45. The van der Waals surface area contributed by atoms with Crippen LogP contribution in [-0.2, 0) is 22.3 Å². The summed E-state index contributed by atoms with van der Waals surface area (Å²) in [5.41, 5.74) is 1.05. The van der Waals surface area contributed by atoms with Gasteiger partial charge in [0.2, 0.25) is 0 Å². The van der Waals surface area contributed by atoms with E-state index in [0.29, 0.717) is 30.6 Å². The van der Waals surface area contributed by atoms with Crippen LogP contribution < -0.4 is 5.32 Å². The molecule has 2 aliphatic rings. The van der Waals surface area contributed by atoms with Gasteiger partial charge in [0.15, 0.2) is 0 Å². The van der Waals surface area contributed by atoms with E-state index < -0.39 is 23.6 Å². The van der Waals surface area contributed by atoms with Crippen molar-refractivity contribution in [3.63, 3.8) is 0 Å². The lowest BCUT2D eigenvalue weighted by atomic mass is 9.99. The lowest BCUT2D eigenvalue weighted by Crippen LogP contribution is -2.51. The lowest BCUT2D eigenvalue weighted by Gasteiger charge is -2.38. The van der Waals surface area contributed by atoms with E-state index in [1.54, 1.807) is 13.1 Å². The lowest BCUT2D eigenvalue weighted by molar-refractivity contribution is -0.137. The summed E-state index contributed by atoms with van der Waals surface area (Å²) < 4.78 is 44.1. The van der Waals surface area contributed by atoms with Crippen molar-refractivity contribution in [2.24, 2.45) is 0 Å². The first-order valence-electron chi connectivity index (χ1n) is 9.18. The van der Waals surface area contributed by atoms with Crippen LogP contribution in [0.5, 0.6) is 0 Å². The van der Waals surface area contributed by atoms with Gasteiger partial charge in [-0.1, -0.05) is 12.1 Å². The minimum atomic E-state index is -4.35. The third-order valence-corrected chi connectivity index (χ3v) is 5.40. The Labute approximate surface area is 160 Å². The number of aromatic amines is 1. The number of halogens is 3. The van der Waals surface area contributed by atoms with Gasteiger partial charge in [0, 0.05) is 38.0 Å². The number of rotatable bonds is 3. The number of ether oxygens (including phenoxy) is 1. The average molecular weight is 394 g/mol. The number of aromatic nitrogens is 2. The fourth-order valence-corrected chi connectivity index (χ4v) is 3.81. The zero-order valence-corrected chi connectivity index (χ0v) is 15.3. The smallest absolute Gasteiger partial charge is 0.343 e. The van der Waals surface area contributed by atoms with Crippen molar-refractivity contribution in [2.75, 3.05) is 13.1 Å². The summed E-state index contributed by atoms with van der Waals surface area (Å²) in [6, 6.07) is 5.06. The molecule has 6 nitrogen and oxygen atoms in total. The van der Waals surface area contributed by atoms with E-state index in [2.05, 4.69) is 20.4 Å². The molecule has 28 heavy (non-hydrogen) atoms. The fourth-order valence-electron chi connectivity index (χ4n) is 3.81. The van der Waals surface area contributed by atoms with Crippen LogP contribution in [0.1, 0.15) is 30.9 Å². The Morgan fingerprint density at radius 2 is 1.93 bits per heavy atom. The quantitative estimate of drug-likeness (QED) is 0.840. The molecule has 1 atom stereocenters. The number of piperidine rings is 1. The van der Waals surface area contributed by atoms with E-state index in [0.717, 1.165) is 30.8 Å². The van der Waals surface area contributed by atoms with Crippen LogP contribution in [0.4, 0.5) is 13.2 Å². The Morgan fingerprint density at radius 1 is 1.25 bits per heavy atom. The van der Waals surface area contributed by atoms with Gasteiger partial charge < -0.3 is 10.1 Å². The van der Waals surface area contributed by atoms with E-state index in [-0.39, 0.29) is 5.91 Å². The molecule has 1 amide bonds. The van der Waals surface area contributed by atoms with Crippen LogP contribution in [-0.4, -0.2) is 45.9 Å². The van der Waals surface area contributed by atoms with Gasteiger partial charge in [-0.2, -0.15) is 18.3 Å². The number of nitrogens with zero attached hydrogens (tertiary/aromatic N) is 2. The van der Waals surface area contributed by atoms with Gasteiger partial charge in [0.05, 0.1) is 17.5 Å². The molecule has 2 saturated heterocycles. The van der Waals surface area contributed by atoms with Crippen LogP contribution in [0.3, 0.4) is 0 Å². The molecule has 0 saturated carbocycles. The van der Waals surface area contributed by atoms with Gasteiger partial charge in [0.25, 0.3) is 5.91 Å². The van der Waals surface area contributed by atoms with E-state index >= 15 is 0 Å². The van der Waals surface area contributed by atoms with E-state index in [4.69, 9.17) is 4.74 Å². The summed E-state index contributed by atoms with van der Waals surface area (Å²) in [5.74, 6) is -0.0760. The molecule has 3 heterocycles. The fraction of sp³-hybridized carbons (Fsp3) is 0.474. The van der Waals surface area contributed by atoms with Gasteiger partial charge in [-0.05, 0) is 24.6 Å². The normalized spacial score (nSPS) is 22.6. The van der Waals surface area contributed by atoms with Crippen molar-refractivity contribution in [3.8, 4) is 11.3 Å². The summed E-state index contributed by atoms with van der Waals surface area (Å²) in [5, 5.41) is 9.92. The Kier molecular flexibility index (Phi) is 4.67. The number of nitrogens with one attached hydrogen (secondary N) is 2. The molecule has 2 aromatic rings. The third kappa shape index (κ3) is 3.64. The second-order valence-electron chi connectivity index (χ2n) is 7.37. The summed E-state index contributed by atoms with van der Waals surface area (Å²) in [6.45, 7) is 3.85. The standard InChI is InChI=1S/C19H21F3N4O2/c1-12-17(27)24-18(28-12)6-8-26(9-7-18)11-14-10-23-25-16(14)13-2-4-15(5-3-13)19(20,21)22/h2-5,10,12H,6-9,11H2,1H3,(H,23,25)(H,24,27)/t12-/m0/s1. The number of alkyl halides is 3. The van der Waals surface area contributed by atoms with Crippen molar-refractivity contribution < 1.29 is 22.7 Å². The molecule has 150 valence electrons. The first kappa shape index (κ1) is 18.9. The predicted octanol–water partition coefficient (Wildman–Crippen LogP) is 2.92. The molecule has 2 fully saturated rings. The molecule has 1 aromatic heterocycles.